The third-order valence-corrected chi connectivity index (χ3v) is 1.98. The Morgan fingerprint density at radius 1 is 1.57 bits per heavy atom. The summed E-state index contributed by atoms with van der Waals surface area (Å²) in [7, 11) is 0. The summed E-state index contributed by atoms with van der Waals surface area (Å²) in [5, 5.41) is 4.64. The largest absolute Gasteiger partial charge is 0.311 e. The number of rotatable bonds is 3. The lowest BCUT2D eigenvalue weighted by Gasteiger charge is -2.03. The van der Waals surface area contributed by atoms with Gasteiger partial charge in [-0.2, -0.15) is 5.10 Å². The molecule has 0 saturated carbocycles. The molecule has 0 aliphatic rings. The standard InChI is InChI=1S/C10H14ClN3/c1-7-3-4-10(11)9(5-7)6-13-14-8(2)12/h3-6,8,14H,12H2,1-2H3/b13-6+. The van der Waals surface area contributed by atoms with Crippen LogP contribution in [0.2, 0.25) is 5.02 Å². The van der Waals surface area contributed by atoms with Crippen LogP contribution in [-0.4, -0.2) is 12.4 Å². The number of hydrogen-bond acceptors (Lipinski definition) is 3. The molecule has 1 unspecified atom stereocenters. The summed E-state index contributed by atoms with van der Waals surface area (Å²) in [6.45, 7) is 3.82. The normalized spacial score (nSPS) is 13.1. The number of halogens is 1. The Bertz CT molecular complexity index is 334. The summed E-state index contributed by atoms with van der Waals surface area (Å²) in [6, 6.07) is 5.78. The van der Waals surface area contributed by atoms with Gasteiger partial charge in [0, 0.05) is 10.6 Å². The molecule has 0 fully saturated rings. The van der Waals surface area contributed by atoms with E-state index >= 15 is 0 Å². The summed E-state index contributed by atoms with van der Waals surface area (Å²) in [6.07, 6.45) is 1.51. The molecule has 76 valence electrons. The fourth-order valence-electron chi connectivity index (χ4n) is 0.986. The molecular formula is C10H14ClN3. The van der Waals surface area contributed by atoms with Gasteiger partial charge in [0.25, 0.3) is 0 Å². The minimum atomic E-state index is -0.158. The molecular weight excluding hydrogens is 198 g/mol. The Morgan fingerprint density at radius 3 is 2.93 bits per heavy atom. The zero-order chi connectivity index (χ0) is 10.6. The smallest absolute Gasteiger partial charge is 0.0880 e. The number of nitrogens with two attached hydrogens (primary N) is 1. The number of hydrogen-bond donors (Lipinski definition) is 2. The van der Waals surface area contributed by atoms with E-state index < -0.39 is 0 Å². The zero-order valence-corrected chi connectivity index (χ0v) is 9.05. The second kappa shape index (κ2) is 4.98. The number of benzene rings is 1. The average molecular weight is 212 g/mol. The van der Waals surface area contributed by atoms with Crippen LogP contribution in [0.4, 0.5) is 0 Å². The van der Waals surface area contributed by atoms with Crippen molar-refractivity contribution in [1.29, 1.82) is 0 Å². The van der Waals surface area contributed by atoms with Gasteiger partial charge in [-0.25, -0.2) is 0 Å². The van der Waals surface area contributed by atoms with E-state index in [4.69, 9.17) is 17.3 Å². The maximum Gasteiger partial charge on any atom is 0.0880 e. The molecule has 1 aromatic carbocycles. The summed E-state index contributed by atoms with van der Waals surface area (Å²) < 4.78 is 0. The van der Waals surface area contributed by atoms with E-state index in [1.807, 2.05) is 32.0 Å². The van der Waals surface area contributed by atoms with Crippen molar-refractivity contribution in [3.05, 3.63) is 34.3 Å². The van der Waals surface area contributed by atoms with E-state index in [-0.39, 0.29) is 6.17 Å². The van der Waals surface area contributed by atoms with Crippen LogP contribution in [0.25, 0.3) is 0 Å². The van der Waals surface area contributed by atoms with Gasteiger partial charge < -0.3 is 5.73 Å². The van der Waals surface area contributed by atoms with Crippen LogP contribution < -0.4 is 11.2 Å². The maximum absolute atomic E-state index is 5.96. The fraction of sp³-hybridized carbons (Fsp3) is 0.300. The lowest BCUT2D eigenvalue weighted by atomic mass is 10.1. The van der Waals surface area contributed by atoms with Crippen molar-refractivity contribution in [2.75, 3.05) is 0 Å². The van der Waals surface area contributed by atoms with Gasteiger partial charge in [0.1, 0.15) is 0 Å². The van der Waals surface area contributed by atoms with Crippen molar-refractivity contribution in [3.63, 3.8) is 0 Å². The molecule has 3 nitrogen and oxygen atoms in total. The fourth-order valence-corrected chi connectivity index (χ4v) is 1.15. The highest BCUT2D eigenvalue weighted by atomic mass is 35.5. The van der Waals surface area contributed by atoms with Gasteiger partial charge in [0.2, 0.25) is 0 Å². The van der Waals surface area contributed by atoms with Gasteiger partial charge >= 0.3 is 0 Å². The first kappa shape index (κ1) is 11.0. The van der Waals surface area contributed by atoms with Crippen molar-refractivity contribution < 1.29 is 0 Å². The zero-order valence-electron chi connectivity index (χ0n) is 8.29. The lowest BCUT2D eigenvalue weighted by Crippen LogP contribution is -2.29. The molecule has 0 spiro atoms. The first-order valence-corrected chi connectivity index (χ1v) is 4.77. The minimum Gasteiger partial charge on any atom is -0.311 e. The first-order chi connectivity index (χ1) is 6.59. The highest BCUT2D eigenvalue weighted by Crippen LogP contribution is 2.14. The number of nitrogens with zero attached hydrogens (tertiary/aromatic N) is 1. The number of aryl methyl sites for hydroxylation is 1. The van der Waals surface area contributed by atoms with E-state index in [0.29, 0.717) is 5.02 Å². The van der Waals surface area contributed by atoms with Gasteiger partial charge in [0.15, 0.2) is 0 Å². The predicted octanol–water partition coefficient (Wildman–Crippen LogP) is 1.88. The molecule has 1 aromatic rings. The molecule has 0 amide bonds. The van der Waals surface area contributed by atoms with Gasteiger partial charge in [-0.3, -0.25) is 5.43 Å². The van der Waals surface area contributed by atoms with Crippen LogP contribution in [0.3, 0.4) is 0 Å². The number of hydrazone groups is 1. The Balaban J connectivity index is 2.75. The van der Waals surface area contributed by atoms with Crippen LogP contribution >= 0.6 is 11.6 Å². The van der Waals surface area contributed by atoms with Crippen molar-refractivity contribution in [3.8, 4) is 0 Å². The van der Waals surface area contributed by atoms with Crippen LogP contribution in [0.15, 0.2) is 23.3 Å². The Kier molecular flexibility index (Phi) is 3.92. The molecule has 0 aromatic heterocycles. The van der Waals surface area contributed by atoms with E-state index in [2.05, 4.69) is 10.5 Å². The number of nitrogens with one attached hydrogen (secondary N) is 1. The molecule has 0 radical (unpaired) electrons. The van der Waals surface area contributed by atoms with E-state index in [9.17, 15) is 0 Å². The van der Waals surface area contributed by atoms with Crippen molar-refractivity contribution in [2.45, 2.75) is 20.0 Å². The van der Waals surface area contributed by atoms with Crippen molar-refractivity contribution >= 4 is 17.8 Å². The molecule has 0 aliphatic heterocycles. The first-order valence-electron chi connectivity index (χ1n) is 4.40. The maximum atomic E-state index is 5.96. The van der Waals surface area contributed by atoms with Crippen LogP contribution in [0.1, 0.15) is 18.1 Å². The van der Waals surface area contributed by atoms with Gasteiger partial charge in [-0.15, -0.1) is 0 Å². The molecule has 1 atom stereocenters. The second-order valence-corrected chi connectivity index (χ2v) is 3.61. The second-order valence-electron chi connectivity index (χ2n) is 3.20. The SMILES string of the molecule is Cc1ccc(Cl)c(/C=N/NC(C)N)c1. The molecule has 0 bridgehead atoms. The monoisotopic (exact) mass is 211 g/mol. The molecule has 0 saturated heterocycles. The van der Waals surface area contributed by atoms with Crippen molar-refractivity contribution in [2.24, 2.45) is 10.8 Å². The molecule has 0 aliphatic carbocycles. The molecule has 3 N–H and O–H groups in total. The molecule has 1 rings (SSSR count). The summed E-state index contributed by atoms with van der Waals surface area (Å²) in [5.74, 6) is 0. The van der Waals surface area contributed by atoms with Crippen LogP contribution in [0, 0.1) is 6.92 Å². The highest BCUT2D eigenvalue weighted by Gasteiger charge is 1.96. The lowest BCUT2D eigenvalue weighted by molar-refractivity contribution is 0.597. The third kappa shape index (κ3) is 3.36. The quantitative estimate of drug-likeness (QED) is 0.456. The van der Waals surface area contributed by atoms with E-state index in [1.165, 1.54) is 0 Å². The Hall–Kier alpha value is -1.06. The summed E-state index contributed by atoms with van der Waals surface area (Å²) in [4.78, 5) is 0. The summed E-state index contributed by atoms with van der Waals surface area (Å²) >= 11 is 5.96. The topological polar surface area (TPSA) is 50.4 Å². The minimum absolute atomic E-state index is 0.158. The summed E-state index contributed by atoms with van der Waals surface area (Å²) in [5.41, 5.74) is 10.2. The molecule has 0 heterocycles. The van der Waals surface area contributed by atoms with E-state index in [1.54, 1.807) is 6.21 Å². The van der Waals surface area contributed by atoms with Gasteiger partial charge in [0.05, 0.1) is 12.4 Å². The average Bonchev–Trinajstić information content (AvgIpc) is 2.10. The Morgan fingerprint density at radius 2 is 2.29 bits per heavy atom. The van der Waals surface area contributed by atoms with Crippen LogP contribution in [0.5, 0.6) is 0 Å². The molecule has 14 heavy (non-hydrogen) atoms. The van der Waals surface area contributed by atoms with Crippen molar-refractivity contribution in [1.82, 2.24) is 5.43 Å². The third-order valence-electron chi connectivity index (χ3n) is 1.63. The predicted molar refractivity (Wildman–Crippen MR) is 60.6 cm³/mol. The molecule has 4 heteroatoms. The van der Waals surface area contributed by atoms with Gasteiger partial charge in [-0.05, 0) is 26.0 Å². The van der Waals surface area contributed by atoms with Crippen LogP contribution in [-0.2, 0) is 0 Å². The van der Waals surface area contributed by atoms with Gasteiger partial charge in [-0.1, -0.05) is 23.2 Å². The Labute approximate surface area is 88.9 Å². The van der Waals surface area contributed by atoms with E-state index in [0.717, 1.165) is 11.1 Å². The highest BCUT2D eigenvalue weighted by molar-refractivity contribution is 6.33.